The maximum atomic E-state index is 12.2. The van der Waals surface area contributed by atoms with E-state index in [1.54, 1.807) is 6.20 Å². The van der Waals surface area contributed by atoms with Gasteiger partial charge in [0, 0.05) is 12.4 Å². The lowest BCUT2D eigenvalue weighted by atomic mass is 10.1. The molecule has 1 aromatic heterocycles. The van der Waals surface area contributed by atoms with Gasteiger partial charge in [0.15, 0.2) is 5.16 Å². The smallest absolute Gasteiger partial charge is 0.318 e. The molecule has 1 atom stereocenters. The lowest BCUT2D eigenvalue weighted by molar-refractivity contribution is -0.120. The summed E-state index contributed by atoms with van der Waals surface area (Å²) in [6.07, 6.45) is 3.56. The van der Waals surface area contributed by atoms with Crippen molar-refractivity contribution in [3.8, 4) is 5.69 Å². The lowest BCUT2D eigenvalue weighted by Crippen LogP contribution is -2.42. The van der Waals surface area contributed by atoms with Crippen molar-refractivity contribution in [2.45, 2.75) is 38.1 Å². The number of imidazole rings is 1. The topological polar surface area (TPSA) is 90.0 Å². The average molecular weight is 346 g/mol. The van der Waals surface area contributed by atoms with Gasteiger partial charge in [-0.1, -0.05) is 43.3 Å². The number of carbonyl (C=O) groups excluding carboxylic acids is 2. The number of benzene rings is 1. The number of primary amides is 1. The Hall–Kier alpha value is -2.28. The summed E-state index contributed by atoms with van der Waals surface area (Å²) in [6.45, 7) is 7.92. The molecule has 0 radical (unpaired) electrons. The minimum Gasteiger partial charge on any atom is -0.351 e. The zero-order valence-corrected chi connectivity index (χ0v) is 15.1. The van der Waals surface area contributed by atoms with Gasteiger partial charge in [-0.05, 0) is 31.4 Å². The fraction of sp³-hybridized carbons (Fsp3) is 0.353. The normalized spacial score (nSPS) is 12.2. The van der Waals surface area contributed by atoms with Gasteiger partial charge in [0.25, 0.3) is 0 Å². The summed E-state index contributed by atoms with van der Waals surface area (Å²) < 4.78 is 1.95. The number of imide groups is 1. The van der Waals surface area contributed by atoms with E-state index >= 15 is 0 Å². The molecule has 3 N–H and O–H groups in total. The molecule has 0 aliphatic heterocycles. The number of rotatable bonds is 5. The summed E-state index contributed by atoms with van der Waals surface area (Å²) in [6, 6.07) is 5.33. The number of thioether (sulfide) groups is 1. The number of nitrogens with two attached hydrogens (primary N) is 1. The fourth-order valence-electron chi connectivity index (χ4n) is 2.43. The largest absolute Gasteiger partial charge is 0.351 e. The Bertz CT molecular complexity index is 755. The van der Waals surface area contributed by atoms with E-state index in [1.807, 2.05) is 50.6 Å². The van der Waals surface area contributed by atoms with Crippen LogP contribution in [0.4, 0.5) is 4.79 Å². The number of urea groups is 1. The number of nitrogens with zero attached hydrogens (tertiary/aromatic N) is 2. The summed E-state index contributed by atoms with van der Waals surface area (Å²) in [5, 5.41) is 2.38. The van der Waals surface area contributed by atoms with Gasteiger partial charge in [0.2, 0.25) is 5.91 Å². The number of carbonyl (C=O) groups is 2. The van der Waals surface area contributed by atoms with E-state index in [0.29, 0.717) is 5.16 Å². The van der Waals surface area contributed by atoms with E-state index in [2.05, 4.69) is 16.4 Å². The molecule has 2 aromatic rings. The molecule has 0 aliphatic carbocycles. The van der Waals surface area contributed by atoms with Crippen LogP contribution in [0.15, 0.2) is 35.7 Å². The first-order valence-corrected chi connectivity index (χ1v) is 8.55. The third-order valence-corrected chi connectivity index (χ3v) is 5.09. The molecule has 24 heavy (non-hydrogen) atoms. The third-order valence-electron chi connectivity index (χ3n) is 3.56. The standard InChI is InChI=1S/C17H22N4O2S/c1-10(2)14(15(22)20-16(18)23)24-17-19-7-8-21(17)13-6-5-11(3)9-12(13)4/h5-10,14H,1-4H3,(H3,18,20,22,23). The zero-order valence-electron chi connectivity index (χ0n) is 14.2. The minimum atomic E-state index is -0.844. The SMILES string of the molecule is Cc1ccc(-n2ccnc2SC(C(=O)NC(N)=O)C(C)C)c(C)c1. The van der Waals surface area contributed by atoms with Crippen molar-refractivity contribution >= 4 is 23.7 Å². The van der Waals surface area contributed by atoms with Crippen molar-refractivity contribution < 1.29 is 9.59 Å². The van der Waals surface area contributed by atoms with Crippen LogP contribution in [0.5, 0.6) is 0 Å². The Kier molecular flexibility index (Phi) is 5.66. The van der Waals surface area contributed by atoms with E-state index < -0.39 is 17.2 Å². The summed E-state index contributed by atoms with van der Waals surface area (Å²) in [5.41, 5.74) is 8.38. The van der Waals surface area contributed by atoms with Crippen LogP contribution in [0.25, 0.3) is 5.69 Å². The van der Waals surface area contributed by atoms with Gasteiger partial charge in [-0.3, -0.25) is 14.7 Å². The minimum absolute atomic E-state index is 0.0126. The van der Waals surface area contributed by atoms with Crippen molar-refractivity contribution in [3.63, 3.8) is 0 Å². The summed E-state index contributed by atoms with van der Waals surface area (Å²) in [7, 11) is 0. The molecule has 0 fully saturated rings. The van der Waals surface area contributed by atoms with E-state index in [9.17, 15) is 9.59 Å². The van der Waals surface area contributed by atoms with E-state index in [-0.39, 0.29) is 5.92 Å². The van der Waals surface area contributed by atoms with Crippen LogP contribution in [0, 0.1) is 19.8 Å². The molecular weight excluding hydrogens is 324 g/mol. The first-order valence-electron chi connectivity index (χ1n) is 7.67. The number of hydrogen-bond acceptors (Lipinski definition) is 4. The van der Waals surface area contributed by atoms with E-state index in [0.717, 1.165) is 11.3 Å². The van der Waals surface area contributed by atoms with Crippen LogP contribution >= 0.6 is 11.8 Å². The van der Waals surface area contributed by atoms with Crippen molar-refractivity contribution in [2.24, 2.45) is 11.7 Å². The molecule has 3 amide bonds. The van der Waals surface area contributed by atoms with Crippen LogP contribution in [-0.2, 0) is 4.79 Å². The summed E-state index contributed by atoms with van der Waals surface area (Å²) in [5.74, 6) is -0.392. The van der Waals surface area contributed by atoms with Gasteiger partial charge in [-0.15, -0.1) is 0 Å². The molecule has 7 heteroatoms. The van der Waals surface area contributed by atoms with Gasteiger partial charge in [0.1, 0.15) is 0 Å². The lowest BCUT2D eigenvalue weighted by Gasteiger charge is -2.19. The molecule has 0 spiro atoms. The second-order valence-electron chi connectivity index (χ2n) is 6.01. The first-order chi connectivity index (χ1) is 11.3. The van der Waals surface area contributed by atoms with Gasteiger partial charge in [0.05, 0.1) is 10.9 Å². The monoisotopic (exact) mass is 346 g/mol. The first kappa shape index (κ1) is 18.1. The summed E-state index contributed by atoms with van der Waals surface area (Å²) >= 11 is 1.32. The van der Waals surface area contributed by atoms with Crippen molar-refractivity contribution in [1.82, 2.24) is 14.9 Å². The number of amides is 3. The van der Waals surface area contributed by atoms with Gasteiger partial charge in [-0.2, -0.15) is 0 Å². The quantitative estimate of drug-likeness (QED) is 0.815. The fourth-order valence-corrected chi connectivity index (χ4v) is 3.49. The predicted octanol–water partition coefficient (Wildman–Crippen LogP) is 2.80. The number of aromatic nitrogens is 2. The van der Waals surface area contributed by atoms with Crippen molar-refractivity contribution in [2.75, 3.05) is 0 Å². The zero-order chi connectivity index (χ0) is 17.9. The van der Waals surface area contributed by atoms with Gasteiger partial charge < -0.3 is 5.73 Å². The Labute approximate surface area is 145 Å². The molecule has 1 aromatic carbocycles. The highest BCUT2D eigenvalue weighted by molar-refractivity contribution is 8.00. The molecule has 0 bridgehead atoms. The van der Waals surface area contributed by atoms with Gasteiger partial charge >= 0.3 is 6.03 Å². The Morgan fingerprint density at radius 1 is 1.29 bits per heavy atom. The highest BCUT2D eigenvalue weighted by Gasteiger charge is 2.26. The molecule has 0 saturated carbocycles. The average Bonchev–Trinajstić information content (AvgIpc) is 2.91. The van der Waals surface area contributed by atoms with E-state index in [1.165, 1.54) is 17.3 Å². The van der Waals surface area contributed by atoms with E-state index in [4.69, 9.17) is 5.73 Å². The maximum Gasteiger partial charge on any atom is 0.318 e. The molecule has 1 unspecified atom stereocenters. The predicted molar refractivity (Wildman–Crippen MR) is 95.2 cm³/mol. The molecule has 128 valence electrons. The van der Waals surface area contributed by atoms with Crippen LogP contribution < -0.4 is 11.1 Å². The Balaban J connectivity index is 2.31. The van der Waals surface area contributed by atoms with Crippen LogP contribution in [0.3, 0.4) is 0 Å². The second-order valence-corrected chi connectivity index (χ2v) is 7.11. The van der Waals surface area contributed by atoms with Crippen LogP contribution in [0.2, 0.25) is 0 Å². The molecule has 2 rings (SSSR count). The maximum absolute atomic E-state index is 12.2. The molecule has 0 saturated heterocycles. The number of hydrogen-bond donors (Lipinski definition) is 2. The Morgan fingerprint density at radius 2 is 2.00 bits per heavy atom. The van der Waals surface area contributed by atoms with Crippen LogP contribution in [-0.4, -0.2) is 26.7 Å². The van der Waals surface area contributed by atoms with Crippen LogP contribution in [0.1, 0.15) is 25.0 Å². The van der Waals surface area contributed by atoms with Gasteiger partial charge in [-0.25, -0.2) is 9.78 Å². The number of aryl methyl sites for hydroxylation is 2. The highest BCUT2D eigenvalue weighted by Crippen LogP contribution is 2.30. The molecule has 6 nitrogen and oxygen atoms in total. The van der Waals surface area contributed by atoms with Crippen molar-refractivity contribution in [1.29, 1.82) is 0 Å². The number of nitrogens with one attached hydrogen (secondary N) is 1. The highest BCUT2D eigenvalue weighted by atomic mass is 32.2. The third kappa shape index (κ3) is 4.17. The Morgan fingerprint density at radius 3 is 2.58 bits per heavy atom. The second kappa shape index (κ2) is 7.53. The molecular formula is C17H22N4O2S. The summed E-state index contributed by atoms with van der Waals surface area (Å²) in [4.78, 5) is 27.5. The molecule has 0 aliphatic rings. The van der Waals surface area contributed by atoms with Crippen molar-refractivity contribution in [3.05, 3.63) is 41.7 Å². The molecule has 1 heterocycles.